The fourth-order valence-electron chi connectivity index (χ4n) is 7.27. The second-order valence-corrected chi connectivity index (χ2v) is 11.7. The van der Waals surface area contributed by atoms with E-state index in [9.17, 15) is 0 Å². The molecule has 4 aliphatic rings. The summed E-state index contributed by atoms with van der Waals surface area (Å²) >= 11 is 0. The molecule has 4 heteroatoms. The lowest BCUT2D eigenvalue weighted by atomic mass is 9.76. The van der Waals surface area contributed by atoms with E-state index in [2.05, 4.69) is 54.3 Å². The Morgan fingerprint density at radius 2 is 1.52 bits per heavy atom. The third-order valence-corrected chi connectivity index (χ3v) is 9.31. The third-order valence-electron chi connectivity index (χ3n) is 9.31. The molecule has 4 heterocycles. The molecule has 0 amide bonds. The molecule has 4 saturated heterocycles. The minimum atomic E-state index is 0.585. The maximum atomic E-state index is 2.85. The minimum absolute atomic E-state index is 0.585. The normalized spacial score (nSPS) is 39.3. The second kappa shape index (κ2) is 8.76. The van der Waals surface area contributed by atoms with Crippen LogP contribution in [0.25, 0.3) is 0 Å². The van der Waals surface area contributed by atoms with Crippen LogP contribution in [0.3, 0.4) is 0 Å². The van der Waals surface area contributed by atoms with Gasteiger partial charge in [-0.25, -0.2) is 0 Å². The van der Waals surface area contributed by atoms with Gasteiger partial charge in [0.1, 0.15) is 0 Å². The van der Waals surface area contributed by atoms with E-state index in [0.29, 0.717) is 16.9 Å². The van der Waals surface area contributed by atoms with Crippen molar-refractivity contribution in [2.45, 2.75) is 90.8 Å². The highest BCUT2D eigenvalue weighted by molar-refractivity contribution is 5.00. The molecule has 0 N–H and O–H groups in total. The summed E-state index contributed by atoms with van der Waals surface area (Å²) in [4.78, 5) is 11.0. The molecule has 4 rings (SSSR count). The van der Waals surface area contributed by atoms with Gasteiger partial charge in [-0.05, 0) is 110 Å². The minimum Gasteiger partial charge on any atom is -0.303 e. The maximum Gasteiger partial charge on any atom is 0.0107 e. The molecular formula is C25H48N4. The van der Waals surface area contributed by atoms with Crippen molar-refractivity contribution >= 4 is 0 Å². The van der Waals surface area contributed by atoms with Crippen LogP contribution in [0.2, 0.25) is 0 Å². The first-order valence-electron chi connectivity index (χ1n) is 12.7. The SMILES string of the molecule is CCN1CCCC2(CCN(C(C)CC3CCC4(CCN(C(C)C)C4)CN3C)C2)C1. The smallest absolute Gasteiger partial charge is 0.0107 e. The molecule has 0 radical (unpaired) electrons. The predicted octanol–water partition coefficient (Wildman–Crippen LogP) is 3.77. The molecule has 4 fully saturated rings. The van der Waals surface area contributed by atoms with Crippen molar-refractivity contribution in [1.82, 2.24) is 19.6 Å². The number of nitrogens with zero attached hydrogens (tertiary/aromatic N) is 4. The number of piperidine rings is 2. The Bertz CT molecular complexity index is 551. The molecule has 4 aliphatic heterocycles. The summed E-state index contributed by atoms with van der Waals surface area (Å²) in [6.07, 6.45) is 9.96. The van der Waals surface area contributed by atoms with Gasteiger partial charge in [-0.15, -0.1) is 0 Å². The van der Waals surface area contributed by atoms with Crippen LogP contribution in [0, 0.1) is 10.8 Å². The van der Waals surface area contributed by atoms with Crippen molar-refractivity contribution < 1.29 is 0 Å². The predicted molar refractivity (Wildman–Crippen MR) is 123 cm³/mol. The molecule has 0 saturated carbocycles. The van der Waals surface area contributed by atoms with E-state index >= 15 is 0 Å². The highest BCUT2D eigenvalue weighted by Gasteiger charge is 2.45. The zero-order valence-electron chi connectivity index (χ0n) is 20.1. The standard InChI is InChI=1S/C25H48N4/c1-6-27-13-7-9-24(18-27)12-15-29(20-24)22(4)16-23-8-10-25(17-26(23)5)11-14-28(19-25)21(2)3/h21-23H,6-20H2,1-5H3. The van der Waals surface area contributed by atoms with Gasteiger partial charge < -0.3 is 14.7 Å². The quantitative estimate of drug-likeness (QED) is 0.691. The van der Waals surface area contributed by atoms with Gasteiger partial charge in [0.25, 0.3) is 0 Å². The highest BCUT2D eigenvalue weighted by Crippen LogP contribution is 2.43. The van der Waals surface area contributed by atoms with Crippen molar-refractivity contribution in [3.63, 3.8) is 0 Å². The molecule has 0 bridgehead atoms. The molecule has 2 spiro atoms. The van der Waals surface area contributed by atoms with Crippen LogP contribution in [0.4, 0.5) is 0 Å². The highest BCUT2D eigenvalue weighted by atomic mass is 15.2. The topological polar surface area (TPSA) is 13.0 Å². The van der Waals surface area contributed by atoms with E-state index in [0.717, 1.165) is 12.1 Å². The van der Waals surface area contributed by atoms with Gasteiger partial charge in [-0.2, -0.15) is 0 Å². The molecular weight excluding hydrogens is 356 g/mol. The van der Waals surface area contributed by atoms with Gasteiger partial charge in [0.15, 0.2) is 0 Å². The molecule has 29 heavy (non-hydrogen) atoms. The van der Waals surface area contributed by atoms with E-state index in [4.69, 9.17) is 0 Å². The van der Waals surface area contributed by atoms with E-state index in [1.807, 2.05) is 0 Å². The summed E-state index contributed by atoms with van der Waals surface area (Å²) < 4.78 is 0. The number of rotatable bonds is 5. The van der Waals surface area contributed by atoms with Gasteiger partial charge in [0.05, 0.1) is 0 Å². The molecule has 0 aromatic carbocycles. The van der Waals surface area contributed by atoms with Crippen molar-refractivity contribution in [2.24, 2.45) is 10.8 Å². The second-order valence-electron chi connectivity index (χ2n) is 11.7. The van der Waals surface area contributed by atoms with Gasteiger partial charge >= 0.3 is 0 Å². The van der Waals surface area contributed by atoms with Crippen LogP contribution in [-0.2, 0) is 0 Å². The lowest BCUT2D eigenvalue weighted by Crippen LogP contribution is -2.50. The molecule has 4 nitrogen and oxygen atoms in total. The summed E-state index contributed by atoms with van der Waals surface area (Å²) in [6.45, 7) is 20.2. The average molecular weight is 405 g/mol. The molecule has 4 atom stereocenters. The van der Waals surface area contributed by atoms with Crippen molar-refractivity contribution in [2.75, 3.05) is 59.4 Å². The largest absolute Gasteiger partial charge is 0.303 e. The third kappa shape index (κ3) is 4.71. The Labute approximate surface area is 181 Å². The van der Waals surface area contributed by atoms with Gasteiger partial charge in [0, 0.05) is 44.3 Å². The Balaban J connectivity index is 1.28. The fraction of sp³-hybridized carbons (Fsp3) is 1.00. The summed E-state index contributed by atoms with van der Waals surface area (Å²) in [5.74, 6) is 0. The summed E-state index contributed by atoms with van der Waals surface area (Å²) in [5, 5.41) is 0. The van der Waals surface area contributed by atoms with Gasteiger partial charge in [-0.1, -0.05) is 6.92 Å². The summed E-state index contributed by atoms with van der Waals surface area (Å²) in [5.41, 5.74) is 1.19. The van der Waals surface area contributed by atoms with E-state index in [1.165, 1.54) is 97.3 Å². The molecule has 0 aromatic heterocycles. The average Bonchev–Trinajstić information content (AvgIpc) is 3.29. The van der Waals surface area contributed by atoms with Crippen LogP contribution in [0.5, 0.6) is 0 Å². The Morgan fingerprint density at radius 3 is 2.17 bits per heavy atom. The molecule has 0 aliphatic carbocycles. The van der Waals surface area contributed by atoms with Gasteiger partial charge in [0.2, 0.25) is 0 Å². The first kappa shape index (κ1) is 22.0. The van der Waals surface area contributed by atoms with Crippen LogP contribution < -0.4 is 0 Å². The Morgan fingerprint density at radius 1 is 0.828 bits per heavy atom. The van der Waals surface area contributed by atoms with Crippen LogP contribution in [0.1, 0.15) is 72.6 Å². The molecule has 4 unspecified atom stereocenters. The lowest BCUT2D eigenvalue weighted by Gasteiger charge is -2.45. The Kier molecular flexibility index (Phi) is 6.66. The maximum absolute atomic E-state index is 2.85. The Hall–Kier alpha value is -0.160. The monoisotopic (exact) mass is 404 g/mol. The zero-order chi connectivity index (χ0) is 20.6. The van der Waals surface area contributed by atoms with E-state index < -0.39 is 0 Å². The summed E-state index contributed by atoms with van der Waals surface area (Å²) in [7, 11) is 2.42. The fourth-order valence-corrected chi connectivity index (χ4v) is 7.27. The number of likely N-dealkylation sites (tertiary alicyclic amines) is 4. The van der Waals surface area contributed by atoms with Crippen molar-refractivity contribution in [3.05, 3.63) is 0 Å². The van der Waals surface area contributed by atoms with Crippen molar-refractivity contribution in [1.29, 1.82) is 0 Å². The molecule has 168 valence electrons. The van der Waals surface area contributed by atoms with E-state index in [-0.39, 0.29) is 0 Å². The van der Waals surface area contributed by atoms with Crippen LogP contribution in [0.15, 0.2) is 0 Å². The number of hydrogen-bond acceptors (Lipinski definition) is 4. The van der Waals surface area contributed by atoms with E-state index in [1.54, 1.807) is 0 Å². The first-order chi connectivity index (χ1) is 13.8. The number of hydrogen-bond donors (Lipinski definition) is 0. The van der Waals surface area contributed by atoms with Crippen LogP contribution >= 0.6 is 0 Å². The van der Waals surface area contributed by atoms with Crippen LogP contribution in [-0.4, -0.2) is 97.1 Å². The van der Waals surface area contributed by atoms with Gasteiger partial charge in [-0.3, -0.25) is 4.90 Å². The van der Waals surface area contributed by atoms with Crippen molar-refractivity contribution in [3.8, 4) is 0 Å². The lowest BCUT2D eigenvalue weighted by molar-refractivity contribution is 0.0435. The molecule has 0 aromatic rings. The zero-order valence-corrected chi connectivity index (χ0v) is 20.1. The first-order valence-corrected chi connectivity index (χ1v) is 12.7. The summed E-state index contributed by atoms with van der Waals surface area (Å²) in [6, 6.07) is 2.24.